The van der Waals surface area contributed by atoms with Crippen molar-refractivity contribution < 1.29 is 23.8 Å². The van der Waals surface area contributed by atoms with Gasteiger partial charge in [0.05, 0.1) is 26.2 Å². The standard InChI is InChI=1S/C20H23NO6/c1-13-11-17(22)19(24)20(27-13)16(14-3-5-15(25-2)6-4-14)12-18(23)21-7-9-26-10-8-21/h3-6,11,16,24H,7-10,12H2,1-2H3. The number of hydrogen-bond donors (Lipinski definition) is 1. The van der Waals surface area contributed by atoms with Gasteiger partial charge >= 0.3 is 0 Å². The molecule has 1 fully saturated rings. The third kappa shape index (κ3) is 4.31. The number of ether oxygens (including phenoxy) is 2. The summed E-state index contributed by atoms with van der Waals surface area (Å²) in [6.45, 7) is 3.70. The van der Waals surface area contributed by atoms with Crippen LogP contribution in [0.3, 0.4) is 0 Å². The van der Waals surface area contributed by atoms with Crippen LogP contribution in [-0.4, -0.2) is 49.3 Å². The molecule has 0 aliphatic carbocycles. The fourth-order valence-electron chi connectivity index (χ4n) is 3.18. The smallest absolute Gasteiger partial charge is 0.227 e. The summed E-state index contributed by atoms with van der Waals surface area (Å²) in [5, 5.41) is 10.3. The van der Waals surface area contributed by atoms with E-state index in [-0.39, 0.29) is 18.1 Å². The van der Waals surface area contributed by atoms with Gasteiger partial charge in [-0.15, -0.1) is 0 Å². The zero-order valence-electron chi connectivity index (χ0n) is 15.4. The zero-order valence-corrected chi connectivity index (χ0v) is 15.4. The Labute approximate surface area is 157 Å². The zero-order chi connectivity index (χ0) is 19.4. The fraction of sp³-hybridized carbons (Fsp3) is 0.400. The van der Waals surface area contributed by atoms with Crippen molar-refractivity contribution in [3.8, 4) is 11.5 Å². The van der Waals surface area contributed by atoms with Crippen LogP contribution in [-0.2, 0) is 9.53 Å². The Morgan fingerprint density at radius 2 is 1.93 bits per heavy atom. The minimum absolute atomic E-state index is 0.0757. The first-order valence-corrected chi connectivity index (χ1v) is 8.82. The lowest BCUT2D eigenvalue weighted by molar-refractivity contribution is -0.135. The molecule has 1 N–H and O–H groups in total. The van der Waals surface area contributed by atoms with Gasteiger partial charge in [0.25, 0.3) is 0 Å². The second-order valence-corrected chi connectivity index (χ2v) is 6.46. The molecule has 144 valence electrons. The highest BCUT2D eigenvalue weighted by atomic mass is 16.5. The van der Waals surface area contributed by atoms with Gasteiger partial charge in [-0.05, 0) is 24.6 Å². The molecule has 1 amide bonds. The molecule has 2 aromatic rings. The molecule has 3 rings (SSSR count). The molecule has 0 saturated carbocycles. The highest BCUT2D eigenvalue weighted by molar-refractivity contribution is 5.78. The number of rotatable bonds is 5. The number of benzene rings is 1. The van der Waals surface area contributed by atoms with Crippen molar-refractivity contribution >= 4 is 5.91 Å². The maximum atomic E-state index is 12.8. The van der Waals surface area contributed by atoms with Crippen molar-refractivity contribution in [2.45, 2.75) is 19.3 Å². The van der Waals surface area contributed by atoms with Crippen molar-refractivity contribution in [1.29, 1.82) is 0 Å². The van der Waals surface area contributed by atoms with Gasteiger partial charge in [0.15, 0.2) is 5.76 Å². The Morgan fingerprint density at radius 1 is 1.26 bits per heavy atom. The van der Waals surface area contributed by atoms with E-state index in [0.29, 0.717) is 37.8 Å². The highest BCUT2D eigenvalue weighted by Gasteiger charge is 2.28. The Balaban J connectivity index is 1.98. The van der Waals surface area contributed by atoms with E-state index in [1.54, 1.807) is 43.2 Å². The average Bonchev–Trinajstić information content (AvgIpc) is 2.69. The molecule has 7 heteroatoms. The second-order valence-electron chi connectivity index (χ2n) is 6.46. The maximum absolute atomic E-state index is 12.8. The normalized spacial score (nSPS) is 15.4. The summed E-state index contributed by atoms with van der Waals surface area (Å²) in [5.41, 5.74) is 0.229. The molecule has 1 aromatic heterocycles. The van der Waals surface area contributed by atoms with Gasteiger partial charge in [-0.3, -0.25) is 9.59 Å². The molecule has 1 aromatic carbocycles. The predicted molar refractivity (Wildman–Crippen MR) is 98.2 cm³/mol. The van der Waals surface area contributed by atoms with Crippen LogP contribution in [0.5, 0.6) is 11.5 Å². The van der Waals surface area contributed by atoms with E-state index < -0.39 is 17.1 Å². The van der Waals surface area contributed by atoms with Crippen LogP contribution in [0.25, 0.3) is 0 Å². The first-order valence-electron chi connectivity index (χ1n) is 8.82. The van der Waals surface area contributed by atoms with Gasteiger partial charge in [0, 0.05) is 25.6 Å². The van der Waals surface area contributed by atoms with Crippen LogP contribution < -0.4 is 10.2 Å². The number of aryl methyl sites for hydroxylation is 1. The first-order chi connectivity index (χ1) is 13.0. The molecule has 1 aliphatic heterocycles. The van der Waals surface area contributed by atoms with Gasteiger partial charge in [0.1, 0.15) is 11.5 Å². The van der Waals surface area contributed by atoms with Crippen molar-refractivity contribution in [2.75, 3.05) is 33.4 Å². The Hall–Kier alpha value is -2.80. The monoisotopic (exact) mass is 373 g/mol. The second kappa shape index (κ2) is 8.26. The summed E-state index contributed by atoms with van der Waals surface area (Å²) in [7, 11) is 1.57. The van der Waals surface area contributed by atoms with Crippen LogP contribution in [0, 0.1) is 6.92 Å². The number of nitrogens with zero attached hydrogens (tertiary/aromatic N) is 1. The molecule has 1 aliphatic rings. The summed E-state index contributed by atoms with van der Waals surface area (Å²) in [4.78, 5) is 26.6. The Bertz CT molecular complexity index is 852. The first kappa shape index (κ1) is 19.0. The van der Waals surface area contributed by atoms with Crippen molar-refractivity contribution in [3.63, 3.8) is 0 Å². The minimum atomic E-state index is -0.584. The number of carbonyl (C=O) groups excluding carboxylic acids is 1. The predicted octanol–water partition coefficient (Wildman–Crippen LogP) is 2.04. The topological polar surface area (TPSA) is 89.2 Å². The average molecular weight is 373 g/mol. The van der Waals surface area contributed by atoms with E-state index >= 15 is 0 Å². The number of carbonyl (C=O) groups is 1. The van der Waals surface area contributed by atoms with E-state index in [0.717, 1.165) is 5.56 Å². The van der Waals surface area contributed by atoms with Crippen LogP contribution >= 0.6 is 0 Å². The molecule has 7 nitrogen and oxygen atoms in total. The number of amides is 1. The van der Waals surface area contributed by atoms with E-state index in [2.05, 4.69) is 0 Å². The summed E-state index contributed by atoms with van der Waals surface area (Å²) in [6, 6.07) is 8.38. The van der Waals surface area contributed by atoms with E-state index in [9.17, 15) is 14.7 Å². The molecule has 1 saturated heterocycles. The van der Waals surface area contributed by atoms with Crippen LogP contribution in [0.1, 0.15) is 29.4 Å². The molecule has 0 radical (unpaired) electrons. The highest BCUT2D eigenvalue weighted by Crippen LogP contribution is 2.34. The molecule has 1 atom stereocenters. The minimum Gasteiger partial charge on any atom is -0.502 e. The van der Waals surface area contributed by atoms with Gasteiger partial charge in [-0.1, -0.05) is 12.1 Å². The maximum Gasteiger partial charge on any atom is 0.227 e. The molecule has 27 heavy (non-hydrogen) atoms. The van der Waals surface area contributed by atoms with Crippen LogP contribution in [0.4, 0.5) is 0 Å². The molecule has 0 bridgehead atoms. The largest absolute Gasteiger partial charge is 0.502 e. The summed E-state index contributed by atoms with van der Waals surface area (Å²) in [5.74, 6) is 0.0292. The van der Waals surface area contributed by atoms with E-state index in [1.807, 2.05) is 0 Å². The van der Waals surface area contributed by atoms with Crippen molar-refractivity contribution in [3.05, 3.63) is 57.6 Å². The number of methoxy groups -OCH3 is 1. The SMILES string of the molecule is COc1ccc(C(CC(=O)N2CCOCC2)c2oc(C)cc(=O)c2O)cc1. The fourth-order valence-corrected chi connectivity index (χ4v) is 3.18. The third-order valence-electron chi connectivity index (χ3n) is 4.65. The van der Waals surface area contributed by atoms with Crippen LogP contribution in [0.15, 0.2) is 39.5 Å². The van der Waals surface area contributed by atoms with Crippen LogP contribution in [0.2, 0.25) is 0 Å². The van der Waals surface area contributed by atoms with Gasteiger partial charge in [-0.2, -0.15) is 0 Å². The Kier molecular flexibility index (Phi) is 5.81. The third-order valence-corrected chi connectivity index (χ3v) is 4.65. The molecule has 0 spiro atoms. The van der Waals surface area contributed by atoms with Crippen molar-refractivity contribution in [1.82, 2.24) is 4.90 Å². The van der Waals surface area contributed by atoms with E-state index in [4.69, 9.17) is 13.9 Å². The summed E-state index contributed by atoms with van der Waals surface area (Å²) in [6.07, 6.45) is 0.0757. The lowest BCUT2D eigenvalue weighted by Gasteiger charge is -2.28. The number of aromatic hydroxyl groups is 1. The van der Waals surface area contributed by atoms with E-state index in [1.165, 1.54) is 6.07 Å². The molecule has 2 heterocycles. The number of morpholine rings is 1. The lowest BCUT2D eigenvalue weighted by Crippen LogP contribution is -2.41. The summed E-state index contributed by atoms with van der Waals surface area (Å²) >= 11 is 0. The molecular weight excluding hydrogens is 350 g/mol. The molecule has 1 unspecified atom stereocenters. The molecular formula is C20H23NO6. The number of hydrogen-bond acceptors (Lipinski definition) is 6. The quantitative estimate of drug-likeness (QED) is 0.863. The lowest BCUT2D eigenvalue weighted by atomic mass is 9.91. The van der Waals surface area contributed by atoms with Gasteiger partial charge < -0.3 is 23.9 Å². The Morgan fingerprint density at radius 3 is 2.56 bits per heavy atom. The van der Waals surface area contributed by atoms with Gasteiger partial charge in [0.2, 0.25) is 17.1 Å². The van der Waals surface area contributed by atoms with Gasteiger partial charge in [-0.25, -0.2) is 0 Å². The summed E-state index contributed by atoms with van der Waals surface area (Å²) < 4.78 is 16.1. The van der Waals surface area contributed by atoms with Crippen molar-refractivity contribution in [2.24, 2.45) is 0 Å².